The van der Waals surface area contributed by atoms with Gasteiger partial charge in [-0.1, -0.05) is 30.7 Å². The molecule has 20 heavy (non-hydrogen) atoms. The fourth-order valence-electron chi connectivity index (χ4n) is 3.21. The van der Waals surface area contributed by atoms with Gasteiger partial charge in [-0.3, -0.25) is 0 Å². The molecule has 3 atom stereocenters. The Bertz CT molecular complexity index is 466. The third-order valence-corrected chi connectivity index (χ3v) is 4.19. The molecule has 1 N–H and O–H groups in total. The second kappa shape index (κ2) is 6.94. The summed E-state index contributed by atoms with van der Waals surface area (Å²) in [6, 6.07) is 8.70. The molecule has 2 unspecified atom stereocenters. The first-order valence-corrected chi connectivity index (χ1v) is 7.63. The molecule has 0 aromatic heterocycles. The Morgan fingerprint density at radius 3 is 2.90 bits per heavy atom. The smallest absolute Gasteiger partial charge is 0.119 e. The Labute approximate surface area is 123 Å². The van der Waals surface area contributed by atoms with Crippen LogP contribution in [0, 0.1) is 11.8 Å². The minimum Gasteiger partial charge on any atom is -0.497 e. The van der Waals surface area contributed by atoms with Gasteiger partial charge in [-0.15, -0.1) is 0 Å². The molecule has 1 aromatic rings. The highest BCUT2D eigenvalue weighted by atomic mass is 16.5. The van der Waals surface area contributed by atoms with Gasteiger partial charge in [0.05, 0.1) is 7.11 Å². The lowest BCUT2D eigenvalue weighted by atomic mass is 9.83. The minimum atomic E-state index is 0.367. The molecule has 0 saturated carbocycles. The molecular formula is C18H27NO. The van der Waals surface area contributed by atoms with Gasteiger partial charge in [-0.25, -0.2) is 0 Å². The van der Waals surface area contributed by atoms with Crippen molar-refractivity contribution in [3.05, 3.63) is 41.5 Å². The van der Waals surface area contributed by atoms with Gasteiger partial charge in [0.2, 0.25) is 0 Å². The van der Waals surface area contributed by atoms with Gasteiger partial charge < -0.3 is 10.1 Å². The Morgan fingerprint density at radius 1 is 1.40 bits per heavy atom. The van der Waals surface area contributed by atoms with Crippen molar-refractivity contribution in [1.82, 2.24) is 5.32 Å². The molecule has 1 aliphatic rings. The summed E-state index contributed by atoms with van der Waals surface area (Å²) >= 11 is 0. The van der Waals surface area contributed by atoms with Crippen LogP contribution >= 0.6 is 0 Å². The topological polar surface area (TPSA) is 21.3 Å². The summed E-state index contributed by atoms with van der Waals surface area (Å²) in [7, 11) is 1.72. The van der Waals surface area contributed by atoms with Crippen molar-refractivity contribution in [2.24, 2.45) is 11.8 Å². The molecule has 0 spiro atoms. The lowest BCUT2D eigenvalue weighted by Gasteiger charge is -2.27. The van der Waals surface area contributed by atoms with Gasteiger partial charge in [-0.2, -0.15) is 0 Å². The summed E-state index contributed by atoms with van der Waals surface area (Å²) in [4.78, 5) is 0. The standard InChI is InChI=1S/C18H27NO/c1-13-8-14(2)10-16(9-13)12-19-15(3)17-6-5-7-18(11-17)20-4/h5-8,11,13,15-16,19H,9-10,12H2,1-4H3/t13?,15-,16?/m1/s1. The first-order chi connectivity index (χ1) is 9.58. The van der Waals surface area contributed by atoms with Crippen LogP contribution in [0.5, 0.6) is 5.75 Å². The number of hydrogen-bond donors (Lipinski definition) is 1. The maximum Gasteiger partial charge on any atom is 0.119 e. The van der Waals surface area contributed by atoms with E-state index in [1.165, 1.54) is 18.4 Å². The third-order valence-electron chi connectivity index (χ3n) is 4.19. The van der Waals surface area contributed by atoms with E-state index in [1.807, 2.05) is 6.07 Å². The van der Waals surface area contributed by atoms with Crippen molar-refractivity contribution in [2.45, 2.75) is 39.7 Å². The molecule has 0 radical (unpaired) electrons. The van der Waals surface area contributed by atoms with Gasteiger partial charge in [-0.05, 0) is 62.8 Å². The molecule has 0 saturated heterocycles. The minimum absolute atomic E-state index is 0.367. The number of allylic oxidation sites excluding steroid dienone is 2. The maximum atomic E-state index is 5.29. The summed E-state index contributed by atoms with van der Waals surface area (Å²) < 4.78 is 5.29. The van der Waals surface area contributed by atoms with Crippen LogP contribution in [-0.4, -0.2) is 13.7 Å². The summed E-state index contributed by atoms with van der Waals surface area (Å²) in [5.74, 6) is 2.42. The largest absolute Gasteiger partial charge is 0.497 e. The van der Waals surface area contributed by atoms with E-state index in [0.717, 1.165) is 24.1 Å². The van der Waals surface area contributed by atoms with E-state index >= 15 is 0 Å². The number of ether oxygens (including phenoxy) is 1. The lowest BCUT2D eigenvalue weighted by Crippen LogP contribution is -2.28. The first-order valence-electron chi connectivity index (χ1n) is 7.63. The lowest BCUT2D eigenvalue weighted by molar-refractivity contribution is 0.366. The highest BCUT2D eigenvalue weighted by Gasteiger charge is 2.18. The average Bonchev–Trinajstić information content (AvgIpc) is 2.44. The van der Waals surface area contributed by atoms with Gasteiger partial charge >= 0.3 is 0 Å². The molecule has 0 heterocycles. The zero-order chi connectivity index (χ0) is 14.5. The average molecular weight is 273 g/mol. The molecule has 0 bridgehead atoms. The normalized spacial score (nSPS) is 24.1. The zero-order valence-electron chi connectivity index (χ0n) is 13.1. The molecule has 0 fully saturated rings. The van der Waals surface area contributed by atoms with Crippen molar-refractivity contribution >= 4 is 0 Å². The summed E-state index contributed by atoms with van der Waals surface area (Å²) in [5.41, 5.74) is 2.84. The Morgan fingerprint density at radius 2 is 2.20 bits per heavy atom. The predicted octanol–water partition coefficient (Wildman–Crippen LogP) is 4.34. The Kier molecular flexibility index (Phi) is 5.24. The van der Waals surface area contributed by atoms with Crippen molar-refractivity contribution in [3.8, 4) is 5.75 Å². The molecule has 0 aliphatic heterocycles. The predicted molar refractivity (Wildman–Crippen MR) is 85.1 cm³/mol. The number of nitrogens with one attached hydrogen (secondary N) is 1. The second-order valence-electron chi connectivity index (χ2n) is 6.20. The van der Waals surface area contributed by atoms with E-state index in [-0.39, 0.29) is 0 Å². The first kappa shape index (κ1) is 15.1. The number of rotatable bonds is 5. The fourth-order valence-corrected chi connectivity index (χ4v) is 3.21. The van der Waals surface area contributed by atoms with Crippen molar-refractivity contribution in [3.63, 3.8) is 0 Å². The molecule has 0 amide bonds. The number of hydrogen-bond acceptors (Lipinski definition) is 2. The van der Waals surface area contributed by atoms with E-state index in [9.17, 15) is 0 Å². The molecule has 2 nitrogen and oxygen atoms in total. The SMILES string of the molecule is COc1cccc([C@@H](C)NCC2CC(C)=CC(C)C2)c1. The molecule has 1 aliphatic carbocycles. The van der Waals surface area contributed by atoms with Gasteiger partial charge in [0.1, 0.15) is 5.75 Å². The Balaban J connectivity index is 1.88. The van der Waals surface area contributed by atoms with Crippen LogP contribution in [0.2, 0.25) is 0 Å². The van der Waals surface area contributed by atoms with E-state index < -0.39 is 0 Å². The fraction of sp³-hybridized carbons (Fsp3) is 0.556. The van der Waals surface area contributed by atoms with E-state index in [0.29, 0.717) is 6.04 Å². The van der Waals surface area contributed by atoms with Crippen molar-refractivity contribution < 1.29 is 4.74 Å². The highest BCUT2D eigenvalue weighted by molar-refractivity contribution is 5.30. The van der Waals surface area contributed by atoms with Crippen LogP contribution in [-0.2, 0) is 0 Å². The third kappa shape index (κ3) is 4.11. The second-order valence-corrected chi connectivity index (χ2v) is 6.20. The van der Waals surface area contributed by atoms with Crippen LogP contribution in [0.3, 0.4) is 0 Å². The molecule has 2 rings (SSSR count). The molecule has 110 valence electrons. The van der Waals surface area contributed by atoms with Crippen molar-refractivity contribution in [1.29, 1.82) is 0 Å². The van der Waals surface area contributed by atoms with E-state index in [4.69, 9.17) is 4.74 Å². The van der Waals surface area contributed by atoms with Crippen LogP contribution < -0.4 is 10.1 Å². The zero-order valence-corrected chi connectivity index (χ0v) is 13.1. The highest BCUT2D eigenvalue weighted by Crippen LogP contribution is 2.28. The summed E-state index contributed by atoms with van der Waals surface area (Å²) in [6.45, 7) is 7.90. The Hall–Kier alpha value is -1.28. The van der Waals surface area contributed by atoms with Gasteiger partial charge in [0, 0.05) is 6.04 Å². The van der Waals surface area contributed by atoms with Crippen molar-refractivity contribution in [2.75, 3.05) is 13.7 Å². The van der Waals surface area contributed by atoms with Gasteiger partial charge in [0.25, 0.3) is 0 Å². The summed E-state index contributed by atoms with van der Waals surface area (Å²) in [6.07, 6.45) is 4.96. The molecule has 2 heteroatoms. The van der Waals surface area contributed by atoms with Crippen LogP contribution in [0.4, 0.5) is 0 Å². The van der Waals surface area contributed by atoms with Gasteiger partial charge in [0.15, 0.2) is 0 Å². The number of methoxy groups -OCH3 is 1. The van der Waals surface area contributed by atoms with E-state index in [1.54, 1.807) is 12.7 Å². The van der Waals surface area contributed by atoms with Crippen LogP contribution in [0.25, 0.3) is 0 Å². The monoisotopic (exact) mass is 273 g/mol. The van der Waals surface area contributed by atoms with Crippen LogP contribution in [0.1, 0.15) is 45.2 Å². The molecular weight excluding hydrogens is 246 g/mol. The van der Waals surface area contributed by atoms with Crippen LogP contribution in [0.15, 0.2) is 35.9 Å². The number of benzene rings is 1. The van der Waals surface area contributed by atoms with E-state index in [2.05, 4.69) is 50.4 Å². The molecule has 1 aromatic carbocycles. The quantitative estimate of drug-likeness (QED) is 0.806. The summed E-state index contributed by atoms with van der Waals surface area (Å²) in [5, 5.41) is 3.68. The maximum absolute atomic E-state index is 5.29.